The Morgan fingerprint density at radius 2 is 1.85 bits per heavy atom. The van der Waals surface area contributed by atoms with Crippen LogP contribution in [0.2, 0.25) is 3.43 Å². The van der Waals surface area contributed by atoms with Crippen molar-refractivity contribution >= 4 is 5.91 Å². The van der Waals surface area contributed by atoms with E-state index in [-0.39, 0.29) is 30.0 Å². The molecule has 5 nitrogen and oxygen atoms in total. The first-order valence-corrected chi connectivity index (χ1v) is 13.3. The molecule has 0 aliphatic heterocycles. The topological polar surface area (TPSA) is 87.4 Å². The van der Waals surface area contributed by atoms with Crippen LogP contribution in [0.3, 0.4) is 0 Å². The van der Waals surface area contributed by atoms with Crippen LogP contribution in [0.15, 0.2) is 24.4 Å². The van der Waals surface area contributed by atoms with Gasteiger partial charge in [-0.1, -0.05) is 0 Å². The van der Waals surface area contributed by atoms with Crippen LogP contribution >= 0.6 is 0 Å². The van der Waals surface area contributed by atoms with Gasteiger partial charge in [-0.15, -0.1) is 0 Å². The molecule has 0 aromatic carbocycles. The average molecular weight is 565 g/mol. The van der Waals surface area contributed by atoms with Gasteiger partial charge in [0, 0.05) is 0 Å². The number of aliphatic hydroxyl groups excluding tert-OH is 1. The Morgan fingerprint density at radius 3 is 2.30 bits per heavy atom. The van der Waals surface area contributed by atoms with E-state index in [1.54, 1.807) is 0 Å². The van der Waals surface area contributed by atoms with Crippen LogP contribution in [0.5, 0.6) is 0 Å². The van der Waals surface area contributed by atoms with Crippen molar-refractivity contribution in [1.29, 1.82) is 0 Å². The van der Waals surface area contributed by atoms with E-state index in [9.17, 15) is 9.90 Å². The van der Waals surface area contributed by atoms with E-state index >= 15 is 0 Å². The van der Waals surface area contributed by atoms with Gasteiger partial charge in [0.25, 0.3) is 0 Å². The van der Waals surface area contributed by atoms with Crippen molar-refractivity contribution < 1.29 is 36.0 Å². The van der Waals surface area contributed by atoms with Gasteiger partial charge >= 0.3 is 182 Å². The van der Waals surface area contributed by atoms with Crippen LogP contribution in [0.1, 0.15) is 59.8 Å². The number of aliphatic hydroxyl groups is 1. The van der Waals surface area contributed by atoms with Crippen molar-refractivity contribution in [3.63, 3.8) is 0 Å². The second-order valence-electron chi connectivity index (χ2n) is 8.73. The van der Waals surface area contributed by atoms with Gasteiger partial charge in [-0.25, -0.2) is 0 Å². The number of nitrogens with two attached hydrogens (primary N) is 1. The van der Waals surface area contributed by atoms with Crippen molar-refractivity contribution in [2.45, 2.75) is 87.5 Å². The molecular weight excluding hydrogens is 527 g/mol. The Bertz CT molecular complexity index is 518. The summed E-state index contributed by atoms with van der Waals surface area (Å²) in [7, 11) is 0. The van der Waals surface area contributed by atoms with Crippen molar-refractivity contribution in [2.24, 2.45) is 17.6 Å². The summed E-state index contributed by atoms with van der Waals surface area (Å²) in [6.45, 7) is 16.0. The van der Waals surface area contributed by atoms with Crippen LogP contribution in [0.4, 0.5) is 0 Å². The predicted molar refractivity (Wildman–Crippen MR) is 108 cm³/mol. The third-order valence-electron chi connectivity index (χ3n) is 5.25. The number of hydrogen-bond donors (Lipinski definition) is 4. The molecule has 6 unspecified atom stereocenters. The van der Waals surface area contributed by atoms with Crippen LogP contribution in [-0.2, 0) is 30.9 Å². The molecule has 1 amide bonds. The Labute approximate surface area is 181 Å². The summed E-state index contributed by atoms with van der Waals surface area (Å²) < 4.78 is 0.629. The van der Waals surface area contributed by atoms with Crippen LogP contribution in [-0.4, -0.2) is 35.2 Å². The van der Waals surface area contributed by atoms with Crippen molar-refractivity contribution in [3.05, 3.63) is 24.4 Å². The Balaban J connectivity index is 2.81. The summed E-state index contributed by atoms with van der Waals surface area (Å²) in [6, 6.07) is -0.378. The maximum absolute atomic E-state index is 12.5. The zero-order chi connectivity index (χ0) is 20.7. The first kappa shape index (κ1) is 24.6. The Kier molecular flexibility index (Phi) is 10.6. The standard InChI is InChI=1S/C21H38N3O2.Hg/c1-7-8-18(20(25)11-13(2)3)23-16(6)19(12-17-9-10-17)24-21(26)14(4)15(5)22;/h7,14-15,17-20,23,25H,2,6,8-12,22H2,1,3-5H3,(H,24,26);. The molecule has 27 heavy (non-hydrogen) atoms. The van der Waals surface area contributed by atoms with Gasteiger partial charge in [0.15, 0.2) is 0 Å². The predicted octanol–water partition coefficient (Wildman–Crippen LogP) is 2.80. The third-order valence-corrected chi connectivity index (χ3v) is 6.55. The molecule has 1 fully saturated rings. The summed E-state index contributed by atoms with van der Waals surface area (Å²) in [5.74, 6) is 0.379. The number of carbonyl (C=O) groups is 1. The zero-order valence-electron chi connectivity index (χ0n) is 17.6. The zero-order valence-corrected chi connectivity index (χ0v) is 23.1. The van der Waals surface area contributed by atoms with Crippen LogP contribution in [0, 0.1) is 11.8 Å². The van der Waals surface area contributed by atoms with Gasteiger partial charge in [0.2, 0.25) is 0 Å². The van der Waals surface area contributed by atoms with Crippen molar-refractivity contribution in [3.8, 4) is 0 Å². The second-order valence-corrected chi connectivity index (χ2v) is 14.2. The molecule has 0 aromatic heterocycles. The van der Waals surface area contributed by atoms with E-state index in [0.717, 1.165) is 24.1 Å². The fourth-order valence-corrected chi connectivity index (χ4v) is 4.50. The molecule has 1 aliphatic carbocycles. The molecule has 1 rings (SSSR count). The molecule has 0 aromatic rings. The van der Waals surface area contributed by atoms with Crippen molar-refractivity contribution in [1.82, 2.24) is 10.6 Å². The molecule has 151 valence electrons. The molecule has 1 saturated carbocycles. The van der Waals surface area contributed by atoms with Gasteiger partial charge < -0.3 is 0 Å². The molecular formula is C21H38HgN3O2. The van der Waals surface area contributed by atoms with E-state index in [4.69, 9.17) is 5.73 Å². The normalized spacial score (nSPS) is 20.7. The quantitative estimate of drug-likeness (QED) is 0.205. The molecule has 0 radical (unpaired) electrons. The number of carbonyl (C=O) groups excluding carboxylic acids is 1. The van der Waals surface area contributed by atoms with Gasteiger partial charge in [-0.3, -0.25) is 0 Å². The molecule has 0 spiro atoms. The number of rotatable bonds is 13. The summed E-state index contributed by atoms with van der Waals surface area (Å²) in [5.41, 5.74) is 7.66. The summed E-state index contributed by atoms with van der Waals surface area (Å²) >= 11 is 0.647. The SMILES string of the molecule is C=C(C)CC(O)C(C[CH](C)[Hg])NC(=C)C(CC1CC1)NC(=O)C(C)C(C)N. The number of amides is 1. The van der Waals surface area contributed by atoms with Crippen LogP contribution in [0.25, 0.3) is 0 Å². The van der Waals surface area contributed by atoms with E-state index in [0.29, 0.717) is 41.9 Å². The fourth-order valence-electron chi connectivity index (χ4n) is 3.10. The molecule has 0 heterocycles. The monoisotopic (exact) mass is 566 g/mol. The summed E-state index contributed by atoms with van der Waals surface area (Å²) in [6.07, 6.45) is 4.31. The molecule has 6 atom stereocenters. The molecule has 5 N–H and O–H groups in total. The van der Waals surface area contributed by atoms with Gasteiger partial charge in [0.1, 0.15) is 0 Å². The van der Waals surface area contributed by atoms with E-state index in [1.807, 2.05) is 20.8 Å². The van der Waals surface area contributed by atoms with Gasteiger partial charge in [-0.2, -0.15) is 0 Å². The summed E-state index contributed by atoms with van der Waals surface area (Å²) in [4.78, 5) is 12.5. The maximum atomic E-state index is 12.5. The molecule has 0 bridgehead atoms. The molecule has 1 aliphatic rings. The van der Waals surface area contributed by atoms with Gasteiger partial charge in [-0.05, 0) is 0 Å². The second kappa shape index (κ2) is 11.6. The van der Waals surface area contributed by atoms with E-state index in [1.165, 1.54) is 12.8 Å². The fraction of sp³-hybridized carbons (Fsp3) is 0.762. The average Bonchev–Trinajstić information content (AvgIpc) is 3.35. The number of hydrogen-bond acceptors (Lipinski definition) is 4. The number of nitrogens with one attached hydrogen (secondary N) is 2. The first-order valence-electron chi connectivity index (χ1n) is 10.2. The van der Waals surface area contributed by atoms with E-state index < -0.39 is 6.10 Å². The third kappa shape index (κ3) is 9.57. The van der Waals surface area contributed by atoms with Crippen LogP contribution < -0.4 is 16.4 Å². The minimum atomic E-state index is -0.495. The van der Waals surface area contributed by atoms with E-state index in [2.05, 4.69) is 30.7 Å². The summed E-state index contributed by atoms with van der Waals surface area (Å²) in [5, 5.41) is 17.2. The Morgan fingerprint density at radius 1 is 1.26 bits per heavy atom. The Hall–Kier alpha value is -0.395. The first-order chi connectivity index (χ1) is 12.5. The molecule has 6 heteroatoms. The van der Waals surface area contributed by atoms with Gasteiger partial charge in [0.05, 0.1) is 0 Å². The minimum absolute atomic E-state index is 0.0307. The van der Waals surface area contributed by atoms with Crippen molar-refractivity contribution in [2.75, 3.05) is 0 Å². The molecule has 0 saturated heterocycles.